The molecule has 0 amide bonds. The zero-order chi connectivity index (χ0) is 65.8. The molecule has 15 aromatic carbocycles. The molecular formula is C95H61N5. The van der Waals surface area contributed by atoms with E-state index in [1.165, 1.54) is 76.2 Å². The van der Waals surface area contributed by atoms with Crippen LogP contribution in [0.1, 0.15) is 0 Å². The Kier molecular flexibility index (Phi) is 13.2. The highest BCUT2D eigenvalue weighted by Crippen LogP contribution is 2.44. The Hall–Kier alpha value is -13.4. The number of rotatable bonds is 11. The number of hydrogen-bond acceptors (Lipinski definition) is 1. The highest BCUT2D eigenvalue weighted by Gasteiger charge is 2.21. The first-order valence-electron chi connectivity index (χ1n) is 34.3. The molecule has 5 aromatic heterocycles. The number of hydrogen-bond donors (Lipinski definition) is 0. The normalized spacial score (nSPS) is 11.8. The molecule has 0 fully saturated rings. The Morgan fingerprint density at radius 1 is 0.150 bits per heavy atom. The Labute approximate surface area is 577 Å². The van der Waals surface area contributed by atoms with Crippen molar-refractivity contribution in [2.75, 3.05) is 0 Å². The smallest absolute Gasteiger partial charge is 0.0702 e. The van der Waals surface area contributed by atoms with Crippen LogP contribution in [0.15, 0.2) is 370 Å². The van der Waals surface area contributed by atoms with Crippen LogP contribution in [-0.4, -0.2) is 23.3 Å². The summed E-state index contributed by atoms with van der Waals surface area (Å²) in [5.74, 6) is 0. The summed E-state index contributed by atoms with van der Waals surface area (Å²) in [7, 11) is 0. The van der Waals surface area contributed by atoms with Gasteiger partial charge in [-0.05, 0) is 206 Å². The van der Waals surface area contributed by atoms with Gasteiger partial charge in [-0.1, -0.05) is 224 Å². The molecule has 0 bridgehead atoms. The lowest BCUT2D eigenvalue weighted by atomic mass is 9.92. The first-order valence-corrected chi connectivity index (χ1v) is 34.3. The van der Waals surface area contributed by atoms with Crippen LogP contribution < -0.4 is 0 Å². The second kappa shape index (κ2) is 23.2. The molecule has 0 aliphatic carbocycles. The molecule has 0 atom stereocenters. The topological polar surface area (TPSA) is 32.6 Å². The van der Waals surface area contributed by atoms with Crippen molar-refractivity contribution in [1.82, 2.24) is 23.3 Å². The Morgan fingerprint density at radius 3 is 0.610 bits per heavy atom. The van der Waals surface area contributed by atoms with Gasteiger partial charge >= 0.3 is 0 Å². The van der Waals surface area contributed by atoms with Crippen LogP contribution in [0.4, 0.5) is 0 Å². The molecule has 20 aromatic rings. The summed E-state index contributed by atoms with van der Waals surface area (Å²) in [6, 6.07) is 134. The minimum Gasteiger partial charge on any atom is -0.309 e. The van der Waals surface area contributed by atoms with Crippen molar-refractivity contribution in [2.45, 2.75) is 0 Å². The maximum absolute atomic E-state index is 4.70. The maximum atomic E-state index is 4.70. The zero-order valence-corrected chi connectivity index (χ0v) is 54.5. The second-order valence-electron chi connectivity index (χ2n) is 26.3. The average Bonchev–Trinajstić information content (AvgIpc) is 1.52. The van der Waals surface area contributed by atoms with Crippen LogP contribution in [0.3, 0.4) is 0 Å². The minimum absolute atomic E-state index is 0.953. The van der Waals surface area contributed by atoms with Gasteiger partial charge in [0.1, 0.15) is 0 Å². The van der Waals surface area contributed by atoms with Crippen LogP contribution in [0, 0.1) is 0 Å². The standard InChI is InChI=1S/C95H61N5/c1-9-40-88-79(31-1)80-32-2-10-41-89(80)97(88)75-55-70(64-25-19-23-62(49-64)63-24-22-30-69(52-63)87-39-17-18-48-96-87)53-71(56-75)65-26-20-27-66(50-65)72-54-73(58-76(57-72)98-90-42-11-3-33-81(90)82-34-4-12-43-91(82)98)67-28-21-29-68(51-67)74-59-77(99-92-44-13-5-35-83(92)84-36-6-14-45-93(84)99)61-78(60-74)100-94-46-15-7-37-85(94)86-38-8-16-47-95(86)100/h1-61H. The van der Waals surface area contributed by atoms with Gasteiger partial charge in [-0.25, -0.2) is 0 Å². The summed E-state index contributed by atoms with van der Waals surface area (Å²) < 4.78 is 9.82. The lowest BCUT2D eigenvalue weighted by Gasteiger charge is -2.17. The van der Waals surface area contributed by atoms with Gasteiger partial charge in [0.2, 0.25) is 0 Å². The number of fused-ring (bicyclic) bond motifs is 12. The fraction of sp³-hybridized carbons (Fsp3) is 0. The minimum atomic E-state index is 0.953. The van der Waals surface area contributed by atoms with Gasteiger partial charge in [0.15, 0.2) is 0 Å². The van der Waals surface area contributed by atoms with Crippen molar-refractivity contribution >= 4 is 87.2 Å². The van der Waals surface area contributed by atoms with Crippen LogP contribution in [-0.2, 0) is 0 Å². The lowest BCUT2D eigenvalue weighted by Crippen LogP contribution is -2.00. The number of para-hydroxylation sites is 8. The van der Waals surface area contributed by atoms with E-state index in [0.717, 1.165) is 112 Å². The van der Waals surface area contributed by atoms with Gasteiger partial charge in [0.05, 0.1) is 49.8 Å². The highest BCUT2D eigenvalue weighted by molar-refractivity contribution is 6.13. The van der Waals surface area contributed by atoms with E-state index in [-0.39, 0.29) is 0 Å². The lowest BCUT2D eigenvalue weighted by molar-refractivity contribution is 1.13. The summed E-state index contributed by atoms with van der Waals surface area (Å²) in [6.07, 6.45) is 1.86. The number of aromatic nitrogens is 5. The third-order valence-corrected chi connectivity index (χ3v) is 20.5. The van der Waals surface area contributed by atoms with E-state index in [1.54, 1.807) is 0 Å². The highest BCUT2D eigenvalue weighted by atomic mass is 15.0. The van der Waals surface area contributed by atoms with E-state index in [2.05, 4.69) is 370 Å². The fourth-order valence-electron chi connectivity index (χ4n) is 16.0. The first-order chi connectivity index (χ1) is 49.6. The molecule has 0 aliphatic rings. The number of pyridine rings is 1. The molecular weight excluding hydrogens is 1210 g/mol. The van der Waals surface area contributed by atoms with E-state index in [9.17, 15) is 0 Å². The van der Waals surface area contributed by atoms with E-state index in [4.69, 9.17) is 4.98 Å². The SMILES string of the molecule is c1ccc(-c2cccc(-c3cccc(-c4cc(-c5cccc(-c6cc(-c7cccc(-c8cc(-n9c%10ccccc%10c%10ccccc%109)cc(-n9c%10ccccc%10c%10ccccc%109)c8)c7)cc(-n7c8ccccc8c8ccccc87)c6)c5)cc(-n5c6ccccc6c6ccccc65)c4)c3)c2)nc1. The van der Waals surface area contributed by atoms with Crippen LogP contribution in [0.25, 0.3) is 188 Å². The van der Waals surface area contributed by atoms with Crippen molar-refractivity contribution in [2.24, 2.45) is 0 Å². The predicted molar refractivity (Wildman–Crippen MR) is 420 cm³/mol. The number of benzene rings is 15. The van der Waals surface area contributed by atoms with Crippen LogP contribution in [0.5, 0.6) is 0 Å². The quantitative estimate of drug-likeness (QED) is 0.127. The fourth-order valence-corrected chi connectivity index (χ4v) is 16.0. The Bertz CT molecular complexity index is 6330. The molecule has 0 spiro atoms. The molecule has 5 heterocycles. The number of nitrogens with zero attached hydrogens (tertiary/aromatic N) is 5. The van der Waals surface area contributed by atoms with E-state index in [0.29, 0.717) is 0 Å². The molecule has 0 unspecified atom stereocenters. The van der Waals surface area contributed by atoms with Gasteiger partial charge in [-0.15, -0.1) is 0 Å². The largest absolute Gasteiger partial charge is 0.309 e. The van der Waals surface area contributed by atoms with Crippen molar-refractivity contribution in [1.29, 1.82) is 0 Å². The van der Waals surface area contributed by atoms with Gasteiger partial charge in [0.25, 0.3) is 0 Å². The van der Waals surface area contributed by atoms with Crippen molar-refractivity contribution in [3.05, 3.63) is 370 Å². The molecule has 5 nitrogen and oxygen atoms in total. The molecule has 100 heavy (non-hydrogen) atoms. The third kappa shape index (κ3) is 9.43. The summed E-state index contributed by atoms with van der Waals surface area (Å²) >= 11 is 0. The summed E-state index contributed by atoms with van der Waals surface area (Å²) in [6.45, 7) is 0. The van der Waals surface area contributed by atoms with Gasteiger partial charge in [0, 0.05) is 77.6 Å². The first kappa shape index (κ1) is 56.9. The van der Waals surface area contributed by atoms with E-state index < -0.39 is 0 Å². The van der Waals surface area contributed by atoms with Gasteiger partial charge in [-0.2, -0.15) is 0 Å². The summed E-state index contributed by atoms with van der Waals surface area (Å²) in [4.78, 5) is 4.70. The molecule has 466 valence electrons. The monoisotopic (exact) mass is 1270 g/mol. The van der Waals surface area contributed by atoms with Crippen molar-refractivity contribution < 1.29 is 0 Å². The molecule has 0 saturated carbocycles. The molecule has 0 saturated heterocycles. The van der Waals surface area contributed by atoms with Crippen LogP contribution >= 0.6 is 0 Å². The summed E-state index contributed by atoms with van der Waals surface area (Å²) in [5.41, 5.74) is 29.2. The Morgan fingerprint density at radius 2 is 0.350 bits per heavy atom. The molecule has 20 rings (SSSR count). The molecule has 0 N–H and O–H groups in total. The summed E-state index contributed by atoms with van der Waals surface area (Å²) in [5, 5.41) is 9.81. The average molecular weight is 1270 g/mol. The van der Waals surface area contributed by atoms with Crippen LogP contribution in [0.2, 0.25) is 0 Å². The zero-order valence-electron chi connectivity index (χ0n) is 54.5. The van der Waals surface area contributed by atoms with E-state index in [1.807, 2.05) is 18.3 Å². The van der Waals surface area contributed by atoms with E-state index >= 15 is 0 Å². The van der Waals surface area contributed by atoms with Crippen molar-refractivity contribution in [3.8, 4) is 101 Å². The van der Waals surface area contributed by atoms with Gasteiger partial charge < -0.3 is 18.3 Å². The second-order valence-corrected chi connectivity index (χ2v) is 26.3. The third-order valence-electron chi connectivity index (χ3n) is 20.5. The predicted octanol–water partition coefficient (Wildman–Crippen LogP) is 25.1. The van der Waals surface area contributed by atoms with Crippen molar-refractivity contribution in [3.63, 3.8) is 0 Å². The molecule has 0 radical (unpaired) electrons. The molecule has 5 heteroatoms. The Balaban J connectivity index is 0.772. The molecule has 0 aliphatic heterocycles. The van der Waals surface area contributed by atoms with Gasteiger partial charge in [-0.3, -0.25) is 4.98 Å². The maximum Gasteiger partial charge on any atom is 0.0702 e.